The quantitative estimate of drug-likeness (QED) is 0.488. The molecule has 0 amide bonds. The molecule has 0 saturated carbocycles. The van der Waals surface area contributed by atoms with E-state index in [1.165, 1.54) is 5.56 Å². The molecule has 33 heavy (non-hydrogen) atoms. The first-order valence-corrected chi connectivity index (χ1v) is 11.3. The molecule has 7 heteroatoms. The number of aryl methyl sites for hydroxylation is 1. The zero-order chi connectivity index (χ0) is 22.6. The smallest absolute Gasteiger partial charge is 0.177 e. The molecular formula is C26H26N6O. The molecule has 0 radical (unpaired) electrons. The number of aromatic amines is 1. The van der Waals surface area contributed by atoms with Crippen LogP contribution in [-0.2, 0) is 13.0 Å². The van der Waals surface area contributed by atoms with E-state index in [0.29, 0.717) is 6.61 Å². The topological polar surface area (TPSA) is 79.8 Å². The van der Waals surface area contributed by atoms with E-state index in [2.05, 4.69) is 75.1 Å². The third kappa shape index (κ3) is 3.63. The Bertz CT molecular complexity index is 1400. The first-order chi connectivity index (χ1) is 15.9. The van der Waals surface area contributed by atoms with Gasteiger partial charge in [-0.3, -0.25) is 0 Å². The summed E-state index contributed by atoms with van der Waals surface area (Å²) >= 11 is 0. The van der Waals surface area contributed by atoms with Crippen LogP contribution < -0.4 is 9.64 Å². The number of ether oxygens (including phenoxy) is 1. The first kappa shape index (κ1) is 19.9. The van der Waals surface area contributed by atoms with Gasteiger partial charge in [0.2, 0.25) is 0 Å². The average molecular weight is 439 g/mol. The van der Waals surface area contributed by atoms with Gasteiger partial charge in [0.25, 0.3) is 0 Å². The van der Waals surface area contributed by atoms with Gasteiger partial charge in [-0.2, -0.15) is 0 Å². The van der Waals surface area contributed by atoms with Crippen molar-refractivity contribution in [2.45, 2.75) is 33.7 Å². The Labute approximate surface area is 192 Å². The van der Waals surface area contributed by atoms with E-state index >= 15 is 0 Å². The maximum absolute atomic E-state index is 6.12. The summed E-state index contributed by atoms with van der Waals surface area (Å²) in [6.45, 7) is 8.57. The lowest BCUT2D eigenvalue weighted by Gasteiger charge is -2.30. The van der Waals surface area contributed by atoms with Gasteiger partial charge in [-0.05, 0) is 48.6 Å². The first-order valence-electron chi connectivity index (χ1n) is 11.3. The zero-order valence-electron chi connectivity index (χ0n) is 19.1. The van der Waals surface area contributed by atoms with Gasteiger partial charge in [0.15, 0.2) is 5.65 Å². The number of nitrogens with one attached hydrogen (secondary N) is 1. The number of aromatic nitrogens is 5. The number of pyridine rings is 1. The molecule has 2 aliphatic rings. The summed E-state index contributed by atoms with van der Waals surface area (Å²) < 4.78 is 6.12. The fourth-order valence-electron chi connectivity index (χ4n) is 4.75. The van der Waals surface area contributed by atoms with Crippen LogP contribution >= 0.6 is 0 Å². The molecule has 6 rings (SSSR count). The molecule has 1 aliphatic heterocycles. The third-order valence-electron chi connectivity index (χ3n) is 6.41. The Morgan fingerprint density at radius 2 is 2.00 bits per heavy atom. The second kappa shape index (κ2) is 7.40. The standard InChI is InChI=1S/C26H26N6O/c1-16-30-22-11-18(13-27-24(22)31-16)17-4-5-23-19(10-17)14-32(8-9-33-23)25-20-12-26(2,3)7-6-21(20)28-15-29-25/h4-7,10-11,13,15H,8-9,12,14H2,1-3H3,(H,27,30,31). The predicted molar refractivity (Wildman–Crippen MR) is 129 cm³/mol. The number of benzene rings is 1. The van der Waals surface area contributed by atoms with Crippen LogP contribution in [0.3, 0.4) is 0 Å². The summed E-state index contributed by atoms with van der Waals surface area (Å²) in [6.07, 6.45) is 8.85. The molecule has 7 nitrogen and oxygen atoms in total. The van der Waals surface area contributed by atoms with Crippen LogP contribution in [0.2, 0.25) is 0 Å². The Morgan fingerprint density at radius 3 is 2.91 bits per heavy atom. The lowest BCUT2D eigenvalue weighted by molar-refractivity contribution is 0.331. The van der Waals surface area contributed by atoms with Crippen LogP contribution in [-0.4, -0.2) is 38.1 Å². The highest BCUT2D eigenvalue weighted by Crippen LogP contribution is 2.37. The number of H-pyrrole nitrogens is 1. The molecule has 0 saturated heterocycles. The van der Waals surface area contributed by atoms with Gasteiger partial charge < -0.3 is 14.6 Å². The fraction of sp³-hybridized carbons (Fsp3) is 0.308. The Hall–Kier alpha value is -3.74. The summed E-state index contributed by atoms with van der Waals surface area (Å²) in [6, 6.07) is 8.48. The number of hydrogen-bond acceptors (Lipinski definition) is 6. The molecule has 1 N–H and O–H groups in total. The van der Waals surface area contributed by atoms with E-state index < -0.39 is 0 Å². The second-order valence-corrected chi connectivity index (χ2v) is 9.57. The minimum atomic E-state index is 0.0938. The van der Waals surface area contributed by atoms with Crippen molar-refractivity contribution in [2.24, 2.45) is 5.41 Å². The lowest BCUT2D eigenvalue weighted by atomic mass is 9.81. The van der Waals surface area contributed by atoms with Crippen LogP contribution in [0, 0.1) is 12.3 Å². The zero-order valence-corrected chi connectivity index (χ0v) is 19.1. The average Bonchev–Trinajstić information content (AvgIpc) is 3.04. The second-order valence-electron chi connectivity index (χ2n) is 9.57. The fourth-order valence-corrected chi connectivity index (χ4v) is 4.75. The summed E-state index contributed by atoms with van der Waals surface area (Å²) in [4.78, 5) is 23.8. The largest absolute Gasteiger partial charge is 0.491 e. The summed E-state index contributed by atoms with van der Waals surface area (Å²) in [5, 5.41) is 0. The third-order valence-corrected chi connectivity index (χ3v) is 6.41. The number of rotatable bonds is 2. The normalized spacial score (nSPS) is 16.8. The van der Waals surface area contributed by atoms with Crippen molar-refractivity contribution in [2.75, 3.05) is 18.1 Å². The number of imidazole rings is 1. The number of allylic oxidation sites excluding steroid dienone is 1. The minimum absolute atomic E-state index is 0.0938. The maximum Gasteiger partial charge on any atom is 0.177 e. The van der Waals surface area contributed by atoms with Crippen LogP contribution in [0.1, 0.15) is 36.5 Å². The summed E-state index contributed by atoms with van der Waals surface area (Å²) in [5.74, 6) is 2.80. The molecule has 0 unspecified atom stereocenters. The molecule has 166 valence electrons. The number of nitrogens with zero attached hydrogens (tertiary/aromatic N) is 5. The minimum Gasteiger partial charge on any atom is -0.491 e. The van der Waals surface area contributed by atoms with E-state index in [4.69, 9.17) is 9.72 Å². The number of hydrogen-bond donors (Lipinski definition) is 1. The van der Waals surface area contributed by atoms with E-state index in [9.17, 15) is 0 Å². The van der Waals surface area contributed by atoms with Crippen LogP contribution in [0.15, 0.2) is 42.9 Å². The summed E-state index contributed by atoms with van der Waals surface area (Å²) in [5.41, 5.74) is 7.32. The number of anilines is 1. The van der Waals surface area contributed by atoms with Gasteiger partial charge in [0.05, 0.1) is 17.8 Å². The molecule has 0 atom stereocenters. The predicted octanol–water partition coefficient (Wildman–Crippen LogP) is 4.72. The van der Waals surface area contributed by atoms with Crippen LogP contribution in [0.25, 0.3) is 28.4 Å². The van der Waals surface area contributed by atoms with Gasteiger partial charge in [-0.15, -0.1) is 0 Å². The molecule has 4 heterocycles. The van der Waals surface area contributed by atoms with E-state index in [0.717, 1.165) is 70.5 Å². The van der Waals surface area contributed by atoms with Gasteiger partial charge in [-0.25, -0.2) is 19.9 Å². The van der Waals surface area contributed by atoms with Crippen molar-refractivity contribution in [3.05, 3.63) is 65.5 Å². The highest BCUT2D eigenvalue weighted by atomic mass is 16.5. The van der Waals surface area contributed by atoms with Gasteiger partial charge >= 0.3 is 0 Å². The molecule has 3 aromatic heterocycles. The number of fused-ring (bicyclic) bond motifs is 3. The van der Waals surface area contributed by atoms with Gasteiger partial charge in [0, 0.05) is 29.4 Å². The monoisotopic (exact) mass is 438 g/mol. The molecular weight excluding hydrogens is 412 g/mol. The van der Waals surface area contributed by atoms with Crippen molar-refractivity contribution in [1.82, 2.24) is 24.9 Å². The van der Waals surface area contributed by atoms with Crippen LogP contribution in [0.5, 0.6) is 5.75 Å². The van der Waals surface area contributed by atoms with Crippen molar-refractivity contribution >= 4 is 23.1 Å². The maximum atomic E-state index is 6.12. The molecule has 1 aromatic carbocycles. The molecule has 0 bridgehead atoms. The van der Waals surface area contributed by atoms with E-state index in [1.54, 1.807) is 6.33 Å². The van der Waals surface area contributed by atoms with E-state index in [-0.39, 0.29) is 5.41 Å². The van der Waals surface area contributed by atoms with Crippen molar-refractivity contribution in [1.29, 1.82) is 0 Å². The molecule has 0 fully saturated rings. The molecule has 4 aromatic rings. The molecule has 1 aliphatic carbocycles. The Kier molecular flexibility index (Phi) is 4.47. The highest BCUT2D eigenvalue weighted by molar-refractivity contribution is 5.78. The van der Waals surface area contributed by atoms with E-state index in [1.807, 2.05) is 13.1 Å². The highest BCUT2D eigenvalue weighted by Gasteiger charge is 2.27. The molecule has 0 spiro atoms. The SMILES string of the molecule is Cc1nc2ncc(-c3ccc4c(c3)CN(c3ncnc5c3CC(C)(C)C=C5)CCO4)cc2[nH]1. The lowest BCUT2D eigenvalue weighted by Crippen LogP contribution is -2.29. The van der Waals surface area contributed by atoms with Crippen molar-refractivity contribution < 1.29 is 4.74 Å². The Balaban J connectivity index is 1.37. The van der Waals surface area contributed by atoms with Gasteiger partial charge in [0.1, 0.15) is 30.3 Å². The summed E-state index contributed by atoms with van der Waals surface area (Å²) in [7, 11) is 0. The van der Waals surface area contributed by atoms with Crippen molar-refractivity contribution in [3.63, 3.8) is 0 Å². The van der Waals surface area contributed by atoms with Crippen LogP contribution in [0.4, 0.5) is 5.82 Å². The Morgan fingerprint density at radius 1 is 1.09 bits per heavy atom. The van der Waals surface area contributed by atoms with Gasteiger partial charge in [-0.1, -0.05) is 26.0 Å². The van der Waals surface area contributed by atoms with Crippen molar-refractivity contribution in [3.8, 4) is 16.9 Å².